The molecule has 2 aromatic heterocycles. The number of carbonyl (C=O) groups is 2. The summed E-state index contributed by atoms with van der Waals surface area (Å²) in [4.78, 5) is 30.6. The summed E-state index contributed by atoms with van der Waals surface area (Å²) in [5.41, 5.74) is 0.728. The lowest BCUT2D eigenvalue weighted by Gasteiger charge is -2.29. The average Bonchev–Trinajstić information content (AvgIpc) is 3.25. The molecule has 3 rings (SSSR count). The Morgan fingerprint density at radius 3 is 2.45 bits per heavy atom. The van der Waals surface area contributed by atoms with Gasteiger partial charge in [-0.2, -0.15) is 13.2 Å². The van der Waals surface area contributed by atoms with Crippen molar-refractivity contribution >= 4 is 11.9 Å². The monoisotopic (exact) mass is 443 g/mol. The van der Waals surface area contributed by atoms with Gasteiger partial charge in [-0.15, -0.1) is 0 Å². The number of aliphatic carboxylic acids is 1. The summed E-state index contributed by atoms with van der Waals surface area (Å²) in [6, 6.07) is 4.29. The third-order valence-corrected chi connectivity index (χ3v) is 5.19. The number of imidazole rings is 1. The summed E-state index contributed by atoms with van der Waals surface area (Å²) in [6.07, 6.45) is 0.680. The summed E-state index contributed by atoms with van der Waals surface area (Å²) >= 11 is 0. The second-order valence-electron chi connectivity index (χ2n) is 7.89. The summed E-state index contributed by atoms with van der Waals surface area (Å²) in [5.74, 6) is -1.33. The van der Waals surface area contributed by atoms with Crippen molar-refractivity contribution in [2.45, 2.75) is 39.2 Å². The lowest BCUT2D eigenvalue weighted by atomic mass is 10.1. The predicted molar refractivity (Wildman–Crippen MR) is 107 cm³/mol. The van der Waals surface area contributed by atoms with Crippen LogP contribution in [0.1, 0.15) is 30.2 Å². The maximum absolute atomic E-state index is 13.0. The minimum Gasteiger partial charge on any atom is -0.475 e. The van der Waals surface area contributed by atoms with Crippen molar-refractivity contribution in [2.24, 2.45) is 13.0 Å². The zero-order valence-electron chi connectivity index (χ0n) is 18.0. The van der Waals surface area contributed by atoms with Gasteiger partial charge in [-0.1, -0.05) is 0 Å². The van der Waals surface area contributed by atoms with E-state index in [2.05, 4.69) is 35.3 Å². The summed E-state index contributed by atoms with van der Waals surface area (Å²) in [5, 5.41) is 7.12. The van der Waals surface area contributed by atoms with E-state index in [4.69, 9.17) is 9.90 Å². The number of carbonyl (C=O) groups excluding carboxylic acids is 1. The van der Waals surface area contributed by atoms with Gasteiger partial charge in [-0.3, -0.25) is 4.79 Å². The van der Waals surface area contributed by atoms with Crippen LogP contribution in [0, 0.1) is 5.92 Å². The van der Waals surface area contributed by atoms with Gasteiger partial charge in [-0.05, 0) is 33.0 Å². The Hall–Kier alpha value is -2.82. The average molecular weight is 443 g/mol. The number of halogens is 3. The van der Waals surface area contributed by atoms with Crippen LogP contribution in [0.3, 0.4) is 0 Å². The van der Waals surface area contributed by atoms with Crippen LogP contribution >= 0.6 is 0 Å². The van der Waals surface area contributed by atoms with Gasteiger partial charge >= 0.3 is 12.1 Å². The minimum absolute atomic E-state index is 0.0798. The number of aromatic nitrogens is 3. The van der Waals surface area contributed by atoms with E-state index in [0.29, 0.717) is 18.5 Å². The third-order valence-electron chi connectivity index (χ3n) is 5.19. The number of fused-ring (bicyclic) bond motifs is 1. The number of alkyl halides is 3. The predicted octanol–water partition coefficient (Wildman–Crippen LogP) is 2.47. The third kappa shape index (κ3) is 6.58. The first-order valence-electron chi connectivity index (χ1n) is 9.81. The fraction of sp³-hybridized carbons (Fsp3) is 0.550. The van der Waals surface area contributed by atoms with E-state index in [1.165, 1.54) is 0 Å². The van der Waals surface area contributed by atoms with Crippen LogP contribution in [0.2, 0.25) is 0 Å². The van der Waals surface area contributed by atoms with Gasteiger partial charge in [0.1, 0.15) is 11.5 Å². The number of nitrogens with zero attached hydrogens (tertiary/aromatic N) is 5. The molecule has 0 aromatic carbocycles. The first-order chi connectivity index (χ1) is 14.4. The first kappa shape index (κ1) is 24.4. The molecule has 0 fully saturated rings. The van der Waals surface area contributed by atoms with Crippen LogP contribution in [0.25, 0.3) is 0 Å². The molecule has 0 saturated heterocycles. The molecule has 0 aliphatic carbocycles. The summed E-state index contributed by atoms with van der Waals surface area (Å²) in [7, 11) is 4.06. The summed E-state index contributed by atoms with van der Waals surface area (Å²) in [6.45, 7) is 7.59. The number of hydrogen-bond donors (Lipinski definition) is 1. The van der Waals surface area contributed by atoms with Crippen LogP contribution < -0.4 is 0 Å². The fourth-order valence-corrected chi connectivity index (χ4v) is 3.27. The van der Waals surface area contributed by atoms with E-state index in [9.17, 15) is 18.0 Å². The van der Waals surface area contributed by atoms with E-state index in [0.717, 1.165) is 31.2 Å². The van der Waals surface area contributed by atoms with Crippen molar-refractivity contribution in [1.82, 2.24) is 23.9 Å². The Labute approximate surface area is 178 Å². The molecule has 1 aliphatic heterocycles. The number of rotatable bonds is 4. The molecular weight excluding hydrogens is 415 g/mol. The van der Waals surface area contributed by atoms with Gasteiger partial charge in [0, 0.05) is 57.2 Å². The van der Waals surface area contributed by atoms with E-state index >= 15 is 0 Å². The molecule has 3 heterocycles. The Balaban J connectivity index is 0.000000423. The quantitative estimate of drug-likeness (QED) is 0.785. The molecule has 8 nitrogen and oxygen atoms in total. The van der Waals surface area contributed by atoms with Gasteiger partial charge in [0.15, 0.2) is 0 Å². The molecule has 0 radical (unpaired) electrons. The largest absolute Gasteiger partial charge is 0.490 e. The van der Waals surface area contributed by atoms with Crippen molar-refractivity contribution in [1.29, 1.82) is 0 Å². The Bertz CT molecular complexity index is 891. The van der Waals surface area contributed by atoms with Crippen LogP contribution in [0.15, 0.2) is 30.7 Å². The zero-order chi connectivity index (χ0) is 23.3. The Morgan fingerprint density at radius 1 is 1.29 bits per heavy atom. The van der Waals surface area contributed by atoms with Crippen molar-refractivity contribution in [2.75, 3.05) is 20.1 Å². The normalized spacial score (nSPS) is 16.5. The van der Waals surface area contributed by atoms with Gasteiger partial charge in [0.05, 0.1) is 6.54 Å². The van der Waals surface area contributed by atoms with E-state index < -0.39 is 12.1 Å². The zero-order valence-corrected chi connectivity index (χ0v) is 18.0. The fourth-order valence-electron chi connectivity index (χ4n) is 3.27. The minimum atomic E-state index is -5.08. The van der Waals surface area contributed by atoms with Crippen LogP contribution in [-0.4, -0.2) is 73.3 Å². The topological polar surface area (TPSA) is 83.6 Å². The van der Waals surface area contributed by atoms with E-state index in [1.807, 2.05) is 47.2 Å². The molecule has 1 unspecified atom stereocenters. The standard InChI is InChI=1S/C18H27N5O.C2HF3O2/c1-14(2)21(4)10-15-11-22-9-7-19-17(22)13-23(12-15)18(24)16-6-5-8-20(16)3;3-2(4,5)1(6)7/h5-9,14-15H,10-13H2,1-4H3;(H,6,7). The number of aryl methyl sites for hydroxylation is 1. The lowest BCUT2D eigenvalue weighted by Crippen LogP contribution is -2.40. The molecule has 1 amide bonds. The number of amides is 1. The van der Waals surface area contributed by atoms with Crippen molar-refractivity contribution in [3.05, 3.63) is 42.2 Å². The van der Waals surface area contributed by atoms with E-state index in [1.54, 1.807) is 0 Å². The molecule has 172 valence electrons. The number of hydrogen-bond acceptors (Lipinski definition) is 4. The smallest absolute Gasteiger partial charge is 0.475 e. The van der Waals surface area contributed by atoms with Crippen LogP contribution in [0.4, 0.5) is 13.2 Å². The highest BCUT2D eigenvalue weighted by Gasteiger charge is 2.38. The molecule has 0 spiro atoms. The Morgan fingerprint density at radius 2 is 1.94 bits per heavy atom. The van der Waals surface area contributed by atoms with E-state index in [-0.39, 0.29) is 5.91 Å². The second kappa shape index (κ2) is 9.99. The molecule has 1 N–H and O–H groups in total. The highest BCUT2D eigenvalue weighted by molar-refractivity contribution is 5.92. The van der Waals surface area contributed by atoms with Crippen molar-refractivity contribution in [3.63, 3.8) is 0 Å². The van der Waals surface area contributed by atoms with Crippen LogP contribution in [-0.2, 0) is 24.9 Å². The SMILES string of the molecule is CC(C)N(C)CC1CN(C(=O)c2cccn2C)Cc2nccn2C1.O=C(O)C(F)(F)F. The van der Waals surface area contributed by atoms with Gasteiger partial charge in [0.25, 0.3) is 5.91 Å². The Kier molecular flexibility index (Phi) is 7.88. The highest BCUT2D eigenvalue weighted by atomic mass is 19.4. The summed E-state index contributed by atoms with van der Waals surface area (Å²) < 4.78 is 35.8. The molecule has 11 heteroatoms. The second-order valence-corrected chi connectivity index (χ2v) is 7.89. The molecule has 1 aliphatic rings. The number of carboxylic acid groups (broad SMARTS) is 1. The first-order valence-corrected chi connectivity index (χ1v) is 9.81. The number of carboxylic acids is 1. The van der Waals surface area contributed by atoms with Crippen molar-refractivity contribution in [3.8, 4) is 0 Å². The molecule has 1 atom stereocenters. The lowest BCUT2D eigenvalue weighted by molar-refractivity contribution is -0.192. The van der Waals surface area contributed by atoms with Crippen molar-refractivity contribution < 1.29 is 27.9 Å². The highest BCUT2D eigenvalue weighted by Crippen LogP contribution is 2.19. The van der Waals surface area contributed by atoms with Crippen LogP contribution in [0.5, 0.6) is 0 Å². The van der Waals surface area contributed by atoms with Gasteiger partial charge in [0.2, 0.25) is 0 Å². The molecular formula is C20H28F3N5O3. The molecule has 0 saturated carbocycles. The van der Waals surface area contributed by atoms with Gasteiger partial charge < -0.3 is 24.0 Å². The molecule has 31 heavy (non-hydrogen) atoms. The van der Waals surface area contributed by atoms with Gasteiger partial charge in [-0.25, -0.2) is 9.78 Å². The molecule has 0 bridgehead atoms. The maximum Gasteiger partial charge on any atom is 0.490 e. The maximum atomic E-state index is 13.0. The molecule has 2 aromatic rings.